The second kappa shape index (κ2) is 8.09. The van der Waals surface area contributed by atoms with Gasteiger partial charge in [-0.1, -0.05) is 12.1 Å². The van der Waals surface area contributed by atoms with Gasteiger partial charge in [-0.2, -0.15) is 18.4 Å². The maximum absolute atomic E-state index is 12.1. The van der Waals surface area contributed by atoms with Gasteiger partial charge in [-0.3, -0.25) is 10.1 Å². The van der Waals surface area contributed by atoms with Crippen LogP contribution in [0.2, 0.25) is 0 Å². The molecule has 0 fully saturated rings. The van der Waals surface area contributed by atoms with E-state index in [4.69, 9.17) is 5.26 Å². The molecule has 0 radical (unpaired) electrons. The maximum atomic E-state index is 12.1. The fourth-order valence-corrected chi connectivity index (χ4v) is 2.70. The molecule has 1 amide bonds. The van der Waals surface area contributed by atoms with Gasteiger partial charge in [0.15, 0.2) is 5.13 Å². The predicted molar refractivity (Wildman–Crippen MR) is 86.2 cm³/mol. The zero-order chi connectivity index (χ0) is 18.4. The molecule has 1 aromatic carbocycles. The molecule has 0 bridgehead atoms. The number of carbonyl (C=O) groups is 1. The molecule has 0 saturated heterocycles. The first-order chi connectivity index (χ1) is 11.8. The fraction of sp³-hybridized carbons (Fsp3) is 0.312. The minimum absolute atomic E-state index is 0.288. The topological polar surface area (TPSA) is 75.0 Å². The van der Waals surface area contributed by atoms with Crippen molar-refractivity contribution in [3.05, 3.63) is 46.5 Å². The normalized spacial score (nSPS) is 12.4. The summed E-state index contributed by atoms with van der Waals surface area (Å²) in [4.78, 5) is 16.7. The number of nitriles is 1. The van der Waals surface area contributed by atoms with Crippen molar-refractivity contribution in [2.75, 3.05) is 11.9 Å². The van der Waals surface area contributed by atoms with Crippen molar-refractivity contribution < 1.29 is 22.7 Å². The lowest BCUT2D eigenvalue weighted by molar-refractivity contribution is -0.184. The number of halogens is 3. The molecule has 1 N–H and O–H groups in total. The molecule has 5 nitrogen and oxygen atoms in total. The number of amides is 1. The van der Waals surface area contributed by atoms with E-state index in [2.05, 4.69) is 15.0 Å². The van der Waals surface area contributed by atoms with E-state index in [1.165, 1.54) is 18.3 Å². The number of ether oxygens (including phenoxy) is 1. The highest BCUT2D eigenvalue weighted by molar-refractivity contribution is 7.15. The predicted octanol–water partition coefficient (Wildman–Crippen LogP) is 3.51. The Labute approximate surface area is 146 Å². The van der Waals surface area contributed by atoms with Gasteiger partial charge < -0.3 is 4.74 Å². The summed E-state index contributed by atoms with van der Waals surface area (Å²) in [7, 11) is 0. The van der Waals surface area contributed by atoms with Crippen molar-refractivity contribution in [1.29, 1.82) is 5.26 Å². The molecular formula is C16H14F3N3O2S. The smallest absolute Gasteiger partial charge is 0.359 e. The molecule has 1 atom stereocenters. The molecule has 0 aliphatic rings. The number of anilines is 1. The zero-order valence-corrected chi connectivity index (χ0v) is 13.9. The Morgan fingerprint density at radius 2 is 2.08 bits per heavy atom. The Balaban J connectivity index is 1.90. The van der Waals surface area contributed by atoms with Crippen LogP contribution >= 0.6 is 11.3 Å². The average Bonchev–Trinajstić information content (AvgIpc) is 2.99. The second-order valence-electron chi connectivity index (χ2n) is 5.17. The van der Waals surface area contributed by atoms with Gasteiger partial charge in [-0.05, 0) is 24.6 Å². The molecular weight excluding hydrogens is 355 g/mol. The molecule has 1 aromatic heterocycles. The van der Waals surface area contributed by atoms with Crippen LogP contribution in [0.4, 0.5) is 18.3 Å². The summed E-state index contributed by atoms with van der Waals surface area (Å²) in [6.07, 6.45) is -3.57. The molecule has 0 spiro atoms. The summed E-state index contributed by atoms with van der Waals surface area (Å²) < 4.78 is 40.7. The highest BCUT2D eigenvalue weighted by Gasteiger charge is 2.30. The summed E-state index contributed by atoms with van der Waals surface area (Å²) in [6, 6.07) is 9.09. The first-order valence-corrected chi connectivity index (χ1v) is 8.01. The van der Waals surface area contributed by atoms with E-state index >= 15 is 0 Å². The average molecular weight is 369 g/mol. The summed E-state index contributed by atoms with van der Waals surface area (Å²) >= 11 is 1.22. The van der Waals surface area contributed by atoms with E-state index in [9.17, 15) is 18.0 Å². The number of nitrogens with zero attached hydrogens (tertiary/aromatic N) is 2. The van der Waals surface area contributed by atoms with Crippen molar-refractivity contribution in [2.24, 2.45) is 0 Å². The lowest BCUT2D eigenvalue weighted by Gasteiger charge is -2.13. The van der Waals surface area contributed by atoms with Crippen molar-refractivity contribution in [2.45, 2.75) is 25.6 Å². The Hall–Kier alpha value is -2.44. The molecule has 2 aromatic rings. The maximum Gasteiger partial charge on any atom is 0.411 e. The standard InChI is InChI=1S/C16H14F3N3O2S/c1-10(24-9-16(17,18)19)14(23)22-15-21-8-13(25-15)6-11-2-4-12(7-20)5-3-11/h2-5,8,10H,6,9H2,1H3,(H,21,22,23). The van der Waals surface area contributed by atoms with Crippen LogP contribution in [0.25, 0.3) is 0 Å². The Kier molecular flexibility index (Phi) is 6.12. The van der Waals surface area contributed by atoms with Crippen molar-refractivity contribution >= 4 is 22.4 Å². The third-order valence-electron chi connectivity index (χ3n) is 3.11. The van der Waals surface area contributed by atoms with Crippen LogP contribution in [-0.4, -0.2) is 29.8 Å². The molecule has 25 heavy (non-hydrogen) atoms. The SMILES string of the molecule is CC(OCC(F)(F)F)C(=O)Nc1ncc(Cc2ccc(C#N)cc2)s1. The molecule has 2 rings (SSSR count). The molecule has 1 heterocycles. The number of thiazole rings is 1. The van der Waals surface area contributed by atoms with Crippen molar-refractivity contribution in [1.82, 2.24) is 4.98 Å². The molecule has 0 saturated carbocycles. The van der Waals surface area contributed by atoms with Crippen LogP contribution in [0.15, 0.2) is 30.5 Å². The summed E-state index contributed by atoms with van der Waals surface area (Å²) in [5, 5.41) is 11.5. The molecule has 0 aliphatic heterocycles. The van der Waals surface area contributed by atoms with E-state index in [-0.39, 0.29) is 5.13 Å². The Morgan fingerprint density at radius 1 is 1.40 bits per heavy atom. The number of nitrogens with one attached hydrogen (secondary N) is 1. The zero-order valence-electron chi connectivity index (χ0n) is 13.1. The largest absolute Gasteiger partial charge is 0.411 e. The Bertz CT molecular complexity index is 766. The minimum Gasteiger partial charge on any atom is -0.359 e. The Morgan fingerprint density at radius 3 is 2.68 bits per heavy atom. The summed E-state index contributed by atoms with van der Waals surface area (Å²) in [5.74, 6) is -0.691. The summed E-state index contributed by atoms with van der Waals surface area (Å²) in [6.45, 7) is -0.240. The lowest BCUT2D eigenvalue weighted by Crippen LogP contribution is -2.31. The van der Waals surface area contributed by atoms with Gasteiger partial charge >= 0.3 is 6.18 Å². The van der Waals surface area contributed by atoms with Gasteiger partial charge in [0.2, 0.25) is 0 Å². The van der Waals surface area contributed by atoms with E-state index in [0.717, 1.165) is 10.4 Å². The number of carbonyl (C=O) groups excluding carboxylic acids is 1. The number of alkyl halides is 3. The molecule has 9 heteroatoms. The van der Waals surface area contributed by atoms with E-state index < -0.39 is 24.8 Å². The highest BCUT2D eigenvalue weighted by Crippen LogP contribution is 2.22. The number of benzene rings is 1. The first-order valence-electron chi connectivity index (χ1n) is 7.20. The third kappa shape index (κ3) is 6.17. The van der Waals surface area contributed by atoms with Gasteiger partial charge in [-0.15, -0.1) is 11.3 Å². The molecule has 1 unspecified atom stereocenters. The minimum atomic E-state index is -4.48. The third-order valence-corrected chi connectivity index (χ3v) is 4.02. The first kappa shape index (κ1) is 18.9. The van der Waals surface area contributed by atoms with Crippen LogP contribution in [0.5, 0.6) is 0 Å². The molecule has 132 valence electrons. The van der Waals surface area contributed by atoms with Gasteiger partial charge in [0, 0.05) is 17.5 Å². The summed E-state index contributed by atoms with van der Waals surface area (Å²) in [5.41, 5.74) is 1.54. The van der Waals surface area contributed by atoms with E-state index in [1.54, 1.807) is 18.3 Å². The number of hydrogen-bond donors (Lipinski definition) is 1. The van der Waals surface area contributed by atoms with E-state index in [0.29, 0.717) is 12.0 Å². The van der Waals surface area contributed by atoms with Crippen LogP contribution in [-0.2, 0) is 16.0 Å². The van der Waals surface area contributed by atoms with Crippen LogP contribution in [0.1, 0.15) is 22.9 Å². The monoisotopic (exact) mass is 369 g/mol. The quantitative estimate of drug-likeness (QED) is 0.846. The number of aromatic nitrogens is 1. The lowest BCUT2D eigenvalue weighted by atomic mass is 10.1. The fourth-order valence-electron chi connectivity index (χ4n) is 1.85. The van der Waals surface area contributed by atoms with Gasteiger partial charge in [0.1, 0.15) is 12.7 Å². The highest BCUT2D eigenvalue weighted by atomic mass is 32.1. The van der Waals surface area contributed by atoms with Gasteiger partial charge in [-0.25, -0.2) is 4.98 Å². The van der Waals surface area contributed by atoms with Crippen molar-refractivity contribution in [3.63, 3.8) is 0 Å². The van der Waals surface area contributed by atoms with E-state index in [1.807, 2.05) is 18.2 Å². The van der Waals surface area contributed by atoms with Gasteiger partial charge in [0.25, 0.3) is 5.91 Å². The van der Waals surface area contributed by atoms with Crippen LogP contribution in [0.3, 0.4) is 0 Å². The molecule has 0 aliphatic carbocycles. The second-order valence-corrected chi connectivity index (χ2v) is 6.29. The van der Waals surface area contributed by atoms with Crippen LogP contribution < -0.4 is 5.32 Å². The van der Waals surface area contributed by atoms with Crippen LogP contribution in [0, 0.1) is 11.3 Å². The number of rotatable bonds is 6. The van der Waals surface area contributed by atoms with Crippen molar-refractivity contribution in [3.8, 4) is 6.07 Å². The van der Waals surface area contributed by atoms with Gasteiger partial charge in [0.05, 0.1) is 11.6 Å². The number of hydrogen-bond acceptors (Lipinski definition) is 5.